The Bertz CT molecular complexity index is 1030. The molecule has 2 fully saturated rings. The lowest BCUT2D eigenvalue weighted by Gasteiger charge is -2.32. The SMILES string of the molecule is CCCCCCC1(C)c2cc(B3OC(C)(C)C(C)(C)O3)sc2-c2sc(B3OC(C)(C)C(C)(C)O3)cc21. The van der Waals surface area contributed by atoms with Crippen LogP contribution in [0.3, 0.4) is 0 Å². The number of fused-ring (bicyclic) bond motifs is 3. The minimum absolute atomic E-state index is 0.0187. The molecule has 2 saturated heterocycles. The molecule has 4 heterocycles. The summed E-state index contributed by atoms with van der Waals surface area (Å²) in [6, 6.07) is 4.76. The molecular formula is C28H42B2O4S2. The fraction of sp³-hybridized carbons (Fsp3) is 0.714. The molecule has 0 amide bonds. The predicted octanol–water partition coefficient (Wildman–Crippen LogP) is 6.66. The average molecular weight is 528 g/mol. The highest BCUT2D eigenvalue weighted by Gasteiger charge is 2.55. The van der Waals surface area contributed by atoms with Gasteiger partial charge in [0.05, 0.1) is 22.4 Å². The topological polar surface area (TPSA) is 36.9 Å². The summed E-state index contributed by atoms with van der Waals surface area (Å²) >= 11 is 3.69. The van der Waals surface area contributed by atoms with E-state index in [1.54, 1.807) is 0 Å². The minimum atomic E-state index is -0.340. The van der Waals surface area contributed by atoms with E-state index in [0.29, 0.717) is 0 Å². The first-order valence-electron chi connectivity index (χ1n) is 13.6. The smallest absolute Gasteiger partial charge is 0.399 e. The maximum absolute atomic E-state index is 6.44. The van der Waals surface area contributed by atoms with Crippen LogP contribution in [0.4, 0.5) is 0 Å². The standard InChI is InChI=1S/C28H42B2O4S2/c1-11-12-13-14-15-28(10)18-16-20(29-31-24(2,3)25(4,5)32-29)35-22(18)23-19(28)17-21(36-23)30-33-26(6,7)27(8,9)34-30/h16-17H,11-15H2,1-10H3. The molecule has 2 aliphatic heterocycles. The minimum Gasteiger partial charge on any atom is -0.399 e. The molecule has 2 aromatic heterocycles. The quantitative estimate of drug-likeness (QED) is 0.298. The lowest BCUT2D eigenvalue weighted by Crippen LogP contribution is -2.41. The Morgan fingerprint density at radius 3 is 1.36 bits per heavy atom. The van der Waals surface area contributed by atoms with Gasteiger partial charge in [-0.3, -0.25) is 0 Å². The van der Waals surface area contributed by atoms with E-state index in [-0.39, 0.29) is 42.1 Å². The Morgan fingerprint density at radius 1 is 0.611 bits per heavy atom. The zero-order chi connectivity index (χ0) is 26.3. The molecule has 3 aliphatic rings. The maximum Gasteiger partial charge on any atom is 0.505 e. The van der Waals surface area contributed by atoms with E-state index in [1.807, 2.05) is 22.7 Å². The van der Waals surface area contributed by atoms with Gasteiger partial charge in [-0.25, -0.2) is 0 Å². The van der Waals surface area contributed by atoms with Gasteiger partial charge in [0.25, 0.3) is 0 Å². The van der Waals surface area contributed by atoms with Crippen molar-refractivity contribution in [1.29, 1.82) is 0 Å². The van der Waals surface area contributed by atoms with Gasteiger partial charge in [0, 0.05) is 24.7 Å². The van der Waals surface area contributed by atoms with E-state index >= 15 is 0 Å². The highest BCUT2D eigenvalue weighted by molar-refractivity contribution is 7.31. The summed E-state index contributed by atoms with van der Waals surface area (Å²) in [5.74, 6) is 0. The number of thiophene rings is 2. The summed E-state index contributed by atoms with van der Waals surface area (Å²) in [6.07, 6.45) is 6.20. The Morgan fingerprint density at radius 2 is 1.00 bits per heavy atom. The summed E-state index contributed by atoms with van der Waals surface area (Å²) in [5.41, 5.74) is 1.50. The van der Waals surface area contributed by atoms with E-state index in [1.165, 1.54) is 56.1 Å². The normalized spacial score (nSPS) is 24.4. The van der Waals surface area contributed by atoms with Gasteiger partial charge in [-0.2, -0.15) is 0 Å². The monoisotopic (exact) mass is 528 g/mol. The molecule has 0 saturated carbocycles. The molecule has 8 heteroatoms. The van der Waals surface area contributed by atoms with Crippen molar-refractivity contribution < 1.29 is 18.6 Å². The summed E-state index contributed by atoms with van der Waals surface area (Å²) in [5, 5.41) is 0. The summed E-state index contributed by atoms with van der Waals surface area (Å²) in [7, 11) is -0.637. The van der Waals surface area contributed by atoms with Crippen LogP contribution < -0.4 is 9.55 Å². The summed E-state index contributed by atoms with van der Waals surface area (Å²) in [6.45, 7) is 21.7. The van der Waals surface area contributed by atoms with Gasteiger partial charge in [0.1, 0.15) is 0 Å². The highest BCUT2D eigenvalue weighted by Crippen LogP contribution is 2.55. The maximum atomic E-state index is 6.44. The third-order valence-corrected chi connectivity index (χ3v) is 11.9. The number of hydrogen-bond acceptors (Lipinski definition) is 6. The lowest BCUT2D eigenvalue weighted by atomic mass is 9.74. The molecule has 36 heavy (non-hydrogen) atoms. The fourth-order valence-electron chi connectivity index (χ4n) is 5.45. The van der Waals surface area contributed by atoms with Crippen LogP contribution in [0, 0.1) is 0 Å². The van der Waals surface area contributed by atoms with E-state index in [4.69, 9.17) is 18.6 Å². The van der Waals surface area contributed by atoms with Crippen molar-refractivity contribution in [2.45, 2.75) is 129 Å². The van der Waals surface area contributed by atoms with Gasteiger partial charge in [0.15, 0.2) is 0 Å². The van der Waals surface area contributed by atoms with Crippen molar-refractivity contribution in [1.82, 2.24) is 0 Å². The molecule has 0 bridgehead atoms. The van der Waals surface area contributed by atoms with E-state index < -0.39 is 0 Å². The van der Waals surface area contributed by atoms with Crippen molar-refractivity contribution in [2.75, 3.05) is 0 Å². The van der Waals surface area contributed by atoms with Crippen molar-refractivity contribution in [3.8, 4) is 9.75 Å². The molecule has 196 valence electrons. The lowest BCUT2D eigenvalue weighted by molar-refractivity contribution is 0.00578. The highest BCUT2D eigenvalue weighted by atomic mass is 32.1. The molecule has 5 rings (SSSR count). The average Bonchev–Trinajstić information content (AvgIpc) is 3.50. The molecule has 4 nitrogen and oxygen atoms in total. The van der Waals surface area contributed by atoms with E-state index in [2.05, 4.69) is 81.4 Å². The first-order chi connectivity index (χ1) is 16.6. The van der Waals surface area contributed by atoms with Gasteiger partial charge in [-0.1, -0.05) is 39.5 Å². The van der Waals surface area contributed by atoms with Crippen LogP contribution in [-0.2, 0) is 24.0 Å². The van der Waals surface area contributed by atoms with Crippen LogP contribution in [0.1, 0.15) is 112 Å². The molecule has 0 atom stereocenters. The third-order valence-electron chi connectivity index (χ3n) is 9.40. The third kappa shape index (κ3) is 4.10. The first-order valence-corrected chi connectivity index (χ1v) is 15.3. The van der Waals surface area contributed by atoms with Crippen molar-refractivity contribution in [2.24, 2.45) is 0 Å². The summed E-state index contributed by atoms with van der Waals surface area (Å²) in [4.78, 5) is 2.75. The Balaban J connectivity index is 1.52. The van der Waals surface area contributed by atoms with E-state index in [0.717, 1.165) is 6.42 Å². The second kappa shape index (κ2) is 8.69. The molecule has 0 aromatic carbocycles. The van der Waals surface area contributed by atoms with Crippen molar-refractivity contribution >= 4 is 46.5 Å². The van der Waals surface area contributed by atoms with Gasteiger partial charge >= 0.3 is 14.2 Å². The zero-order valence-electron chi connectivity index (χ0n) is 23.8. The van der Waals surface area contributed by atoms with Crippen LogP contribution in [0.25, 0.3) is 9.75 Å². The Kier molecular flexibility index (Phi) is 6.51. The molecule has 2 aromatic rings. The molecular weight excluding hydrogens is 486 g/mol. The van der Waals surface area contributed by atoms with Gasteiger partial charge in [-0.15, -0.1) is 22.7 Å². The van der Waals surface area contributed by atoms with Crippen LogP contribution in [0.15, 0.2) is 12.1 Å². The van der Waals surface area contributed by atoms with Crippen molar-refractivity contribution in [3.63, 3.8) is 0 Å². The largest absolute Gasteiger partial charge is 0.505 e. The van der Waals surface area contributed by atoms with Crippen molar-refractivity contribution in [3.05, 3.63) is 23.3 Å². The number of hydrogen-bond donors (Lipinski definition) is 0. The predicted molar refractivity (Wildman–Crippen MR) is 154 cm³/mol. The first kappa shape index (κ1) is 27.0. The molecule has 0 radical (unpaired) electrons. The molecule has 0 N–H and O–H groups in total. The zero-order valence-corrected chi connectivity index (χ0v) is 25.4. The van der Waals surface area contributed by atoms with Gasteiger partial charge < -0.3 is 18.6 Å². The number of rotatable bonds is 7. The number of unbranched alkanes of at least 4 members (excludes halogenated alkanes) is 3. The molecule has 0 spiro atoms. The fourth-order valence-corrected chi connectivity index (χ4v) is 8.10. The van der Waals surface area contributed by atoms with Gasteiger partial charge in [-0.05, 0) is 85.1 Å². The van der Waals surface area contributed by atoms with Crippen LogP contribution in [-0.4, -0.2) is 36.6 Å². The second-order valence-corrected chi connectivity index (χ2v) is 15.3. The van der Waals surface area contributed by atoms with Crippen LogP contribution in [0.5, 0.6) is 0 Å². The van der Waals surface area contributed by atoms with Crippen LogP contribution >= 0.6 is 22.7 Å². The van der Waals surface area contributed by atoms with Crippen LogP contribution in [0.2, 0.25) is 0 Å². The molecule has 1 aliphatic carbocycles. The van der Waals surface area contributed by atoms with E-state index in [9.17, 15) is 0 Å². The Hall–Kier alpha value is -0.630. The summed E-state index contributed by atoms with van der Waals surface area (Å²) < 4.78 is 28.1. The second-order valence-electron chi connectivity index (χ2n) is 13.1. The van der Waals surface area contributed by atoms with Gasteiger partial charge in [0.2, 0.25) is 0 Å². The Labute approximate surface area is 226 Å². The molecule has 0 unspecified atom stereocenters.